The van der Waals surface area contributed by atoms with Crippen molar-refractivity contribution in [3.8, 4) is 0 Å². The van der Waals surface area contributed by atoms with Gasteiger partial charge in [0.15, 0.2) is 0 Å². The highest BCUT2D eigenvalue weighted by Gasteiger charge is 2.31. The van der Waals surface area contributed by atoms with Gasteiger partial charge in [-0.05, 0) is 0 Å². The maximum atomic E-state index is 10.7. The molecule has 0 fully saturated rings. The molecule has 12 heavy (non-hydrogen) atoms. The van der Waals surface area contributed by atoms with Gasteiger partial charge in [0.2, 0.25) is 11.9 Å². The molecule has 0 saturated carbocycles. The second kappa shape index (κ2) is 3.70. The number of amides is 1. The van der Waals surface area contributed by atoms with Gasteiger partial charge in [0.1, 0.15) is 0 Å². The number of carboxylic acid groups (broad SMARTS) is 2. The summed E-state index contributed by atoms with van der Waals surface area (Å²) in [5.74, 6) is -4.07. The Morgan fingerprint density at radius 3 is 1.83 bits per heavy atom. The molecule has 0 atom stereocenters. The van der Waals surface area contributed by atoms with Crippen LogP contribution >= 0.6 is 0 Å². The van der Waals surface area contributed by atoms with Gasteiger partial charge in [-0.15, -0.1) is 0 Å². The molecule has 0 unspecified atom stereocenters. The third kappa shape index (κ3) is 2.22. The lowest BCUT2D eigenvalue weighted by atomic mass is 10.2. The van der Waals surface area contributed by atoms with Gasteiger partial charge in [-0.3, -0.25) is 4.79 Å². The Morgan fingerprint density at radius 1 is 1.33 bits per heavy atom. The van der Waals surface area contributed by atoms with Gasteiger partial charge in [0.25, 0.3) is 0 Å². The molecule has 6 heteroatoms. The Hall–Kier alpha value is -1.59. The number of likely N-dealkylation sites (N-methyl/N-ethyl adjacent to an activating group) is 1. The second-order valence-corrected chi connectivity index (χ2v) is 2.07. The van der Waals surface area contributed by atoms with E-state index >= 15 is 0 Å². The SMILES string of the molecule is [2H]CN(C(C)=O)C(C(=O)O)C(=O)O. The second-order valence-electron chi connectivity index (χ2n) is 2.07. The molecular weight excluding hydrogens is 166 g/mol. The molecule has 0 saturated heterocycles. The summed E-state index contributed by atoms with van der Waals surface area (Å²) >= 11 is 0. The van der Waals surface area contributed by atoms with E-state index in [-0.39, 0.29) is 0 Å². The topological polar surface area (TPSA) is 94.9 Å². The van der Waals surface area contributed by atoms with Crippen molar-refractivity contribution in [2.45, 2.75) is 13.0 Å². The first-order chi connectivity index (χ1) is 5.91. The number of carbonyl (C=O) groups excluding carboxylic acids is 1. The van der Waals surface area contributed by atoms with Crippen LogP contribution in [0.25, 0.3) is 0 Å². The van der Waals surface area contributed by atoms with E-state index in [1.807, 2.05) is 0 Å². The zero-order valence-corrected chi connectivity index (χ0v) is 6.35. The molecule has 0 bridgehead atoms. The highest BCUT2D eigenvalue weighted by Crippen LogP contribution is 1.97. The molecule has 0 aliphatic heterocycles. The van der Waals surface area contributed by atoms with Gasteiger partial charge < -0.3 is 15.1 Å². The quantitative estimate of drug-likeness (QED) is 0.538. The summed E-state index contributed by atoms with van der Waals surface area (Å²) in [5.41, 5.74) is 0. The number of hydrogen-bond acceptors (Lipinski definition) is 3. The van der Waals surface area contributed by atoms with Crippen LogP contribution in [0.3, 0.4) is 0 Å². The Balaban J connectivity index is 4.80. The van der Waals surface area contributed by atoms with Crippen LogP contribution in [0.1, 0.15) is 8.29 Å². The van der Waals surface area contributed by atoms with Crippen LogP contribution in [-0.2, 0) is 14.4 Å². The van der Waals surface area contributed by atoms with Crippen molar-refractivity contribution in [1.29, 1.82) is 0 Å². The van der Waals surface area contributed by atoms with Crippen molar-refractivity contribution in [3.63, 3.8) is 0 Å². The summed E-state index contributed by atoms with van der Waals surface area (Å²) in [4.78, 5) is 31.9. The number of carboxylic acids is 2. The molecule has 0 aliphatic rings. The van der Waals surface area contributed by atoms with Crippen LogP contribution in [-0.4, -0.2) is 46.0 Å². The molecule has 0 radical (unpaired) electrons. The molecule has 2 N–H and O–H groups in total. The van der Waals surface area contributed by atoms with Gasteiger partial charge in [-0.2, -0.15) is 0 Å². The van der Waals surface area contributed by atoms with E-state index < -0.39 is 30.9 Å². The number of hydrogen-bond donors (Lipinski definition) is 2. The summed E-state index contributed by atoms with van der Waals surface area (Å²) in [6.07, 6.45) is 0. The monoisotopic (exact) mass is 176 g/mol. The molecule has 1 amide bonds. The fraction of sp³-hybridized carbons (Fsp3) is 0.500. The highest BCUT2D eigenvalue weighted by molar-refractivity contribution is 6.00. The first kappa shape index (κ1) is 8.51. The molecule has 6 nitrogen and oxygen atoms in total. The Bertz CT molecular complexity index is 227. The van der Waals surface area contributed by atoms with Crippen LogP contribution in [0.5, 0.6) is 0 Å². The Labute approximate surface area is 69.8 Å². The van der Waals surface area contributed by atoms with Crippen molar-refractivity contribution in [2.75, 3.05) is 7.02 Å². The molecule has 0 aromatic rings. The van der Waals surface area contributed by atoms with Crippen LogP contribution < -0.4 is 0 Å². The van der Waals surface area contributed by atoms with Crippen molar-refractivity contribution in [3.05, 3.63) is 0 Å². The molecule has 0 heterocycles. The maximum Gasteiger partial charge on any atom is 0.338 e. The normalized spacial score (nSPS) is 10.7. The molecule has 0 spiro atoms. The minimum Gasteiger partial charge on any atom is -0.479 e. The number of nitrogens with zero attached hydrogens (tertiary/aromatic N) is 1. The van der Waals surface area contributed by atoms with Crippen molar-refractivity contribution < 1.29 is 26.0 Å². The Kier molecular flexibility index (Phi) is 2.62. The average Bonchev–Trinajstić information content (AvgIpc) is 1.97. The minimum atomic E-state index is -1.98. The van der Waals surface area contributed by atoms with Crippen molar-refractivity contribution >= 4 is 17.8 Å². The predicted molar refractivity (Wildman–Crippen MR) is 37.5 cm³/mol. The summed E-state index contributed by atoms with van der Waals surface area (Å²) in [7, 11) is -0.696. The van der Waals surface area contributed by atoms with E-state index in [1.54, 1.807) is 0 Å². The van der Waals surface area contributed by atoms with Crippen LogP contribution in [0.2, 0.25) is 0 Å². The van der Waals surface area contributed by atoms with E-state index in [0.717, 1.165) is 6.92 Å². The number of rotatable bonds is 3. The van der Waals surface area contributed by atoms with Crippen LogP contribution in [0.4, 0.5) is 0 Å². The third-order valence-electron chi connectivity index (χ3n) is 1.18. The first-order valence-electron chi connectivity index (χ1n) is 3.64. The van der Waals surface area contributed by atoms with E-state index in [1.165, 1.54) is 0 Å². The first-order valence-corrected chi connectivity index (χ1v) is 2.93. The van der Waals surface area contributed by atoms with Gasteiger partial charge in [0, 0.05) is 15.3 Å². The summed E-state index contributed by atoms with van der Waals surface area (Å²) in [6.45, 7) is 1.01. The highest BCUT2D eigenvalue weighted by atomic mass is 16.4. The summed E-state index contributed by atoms with van der Waals surface area (Å²) in [5, 5.41) is 16.9. The fourth-order valence-corrected chi connectivity index (χ4v) is 0.554. The van der Waals surface area contributed by atoms with Crippen molar-refractivity contribution in [2.24, 2.45) is 0 Å². The standard InChI is InChI=1S/C6H9NO5/c1-3(8)7(2)4(5(9)10)6(11)12/h4H,1-2H3,(H,9,10)(H,11,12)/i2D. The number of aliphatic carboxylic acids is 2. The van der Waals surface area contributed by atoms with E-state index in [9.17, 15) is 14.4 Å². The van der Waals surface area contributed by atoms with Gasteiger partial charge in [-0.1, -0.05) is 0 Å². The van der Waals surface area contributed by atoms with Gasteiger partial charge in [-0.25, -0.2) is 9.59 Å². The molecule has 68 valence electrons. The minimum absolute atomic E-state index is 0.435. The smallest absolute Gasteiger partial charge is 0.338 e. The zero-order valence-electron chi connectivity index (χ0n) is 7.35. The van der Waals surface area contributed by atoms with Crippen LogP contribution in [0, 0.1) is 0 Å². The van der Waals surface area contributed by atoms with Crippen molar-refractivity contribution in [1.82, 2.24) is 4.90 Å². The van der Waals surface area contributed by atoms with E-state index in [4.69, 9.17) is 11.6 Å². The van der Waals surface area contributed by atoms with Gasteiger partial charge in [0.05, 0.1) is 0 Å². The summed E-state index contributed by atoms with van der Waals surface area (Å²) < 4.78 is 6.79. The summed E-state index contributed by atoms with van der Waals surface area (Å²) in [6, 6.07) is -1.98. The van der Waals surface area contributed by atoms with Crippen LogP contribution in [0.15, 0.2) is 0 Å². The average molecular weight is 176 g/mol. The number of carbonyl (C=O) groups is 3. The molecule has 0 aromatic carbocycles. The zero-order chi connectivity index (χ0) is 10.6. The van der Waals surface area contributed by atoms with E-state index in [0.29, 0.717) is 4.90 Å². The lowest BCUT2D eigenvalue weighted by Gasteiger charge is -2.19. The van der Waals surface area contributed by atoms with Gasteiger partial charge >= 0.3 is 11.9 Å². The maximum absolute atomic E-state index is 10.7. The predicted octanol–water partition coefficient (Wildman–Crippen LogP) is -0.997. The lowest BCUT2D eigenvalue weighted by Crippen LogP contribution is -2.46. The fourth-order valence-electron chi connectivity index (χ4n) is 0.554. The molecular formula is C6H9NO5. The molecule has 0 aromatic heterocycles. The third-order valence-corrected chi connectivity index (χ3v) is 1.18. The largest absolute Gasteiger partial charge is 0.479 e. The lowest BCUT2D eigenvalue weighted by molar-refractivity contribution is -0.160. The molecule has 0 aliphatic carbocycles. The Morgan fingerprint density at radius 2 is 1.75 bits per heavy atom. The van der Waals surface area contributed by atoms with E-state index in [2.05, 4.69) is 0 Å². The molecule has 0 rings (SSSR count).